The van der Waals surface area contributed by atoms with Gasteiger partial charge in [0.15, 0.2) is 0 Å². The highest BCUT2D eigenvalue weighted by Crippen LogP contribution is 2.30. The molecule has 0 radical (unpaired) electrons. The van der Waals surface area contributed by atoms with Crippen molar-refractivity contribution in [1.82, 2.24) is 4.31 Å². The van der Waals surface area contributed by atoms with Crippen LogP contribution in [-0.4, -0.2) is 45.9 Å². The van der Waals surface area contributed by atoms with E-state index in [1.807, 2.05) is 61.5 Å². The van der Waals surface area contributed by atoms with Gasteiger partial charge in [-0.3, -0.25) is 0 Å². The molecule has 0 unspecified atom stereocenters. The molecule has 0 saturated carbocycles. The predicted molar refractivity (Wildman–Crippen MR) is 104 cm³/mol. The van der Waals surface area contributed by atoms with Crippen molar-refractivity contribution in [2.24, 2.45) is 5.73 Å². The number of anilines is 1. The number of halogens is 1. The fourth-order valence-corrected chi connectivity index (χ4v) is 4.61. The minimum atomic E-state index is -3.52. The van der Waals surface area contributed by atoms with Crippen LogP contribution in [0.3, 0.4) is 0 Å². The van der Waals surface area contributed by atoms with Gasteiger partial charge in [-0.05, 0) is 29.8 Å². The van der Waals surface area contributed by atoms with Crippen LogP contribution in [0.5, 0.6) is 0 Å². The predicted octanol–water partition coefficient (Wildman–Crippen LogP) is 2.29. The first-order valence-electron chi connectivity index (χ1n) is 7.97. The van der Waals surface area contributed by atoms with Crippen LogP contribution in [0.15, 0.2) is 59.5 Å². The maximum atomic E-state index is 12.9. The normalized spacial score (nSPS) is 20.9. The molecule has 0 aromatic heterocycles. The number of rotatable bonds is 4. The summed E-state index contributed by atoms with van der Waals surface area (Å²) in [5.74, 6) is 0.0297. The summed E-state index contributed by atoms with van der Waals surface area (Å²) < 4.78 is 27.3. The molecular weight excluding hydrogens is 358 g/mol. The lowest BCUT2D eigenvalue weighted by Gasteiger charge is -2.18. The summed E-state index contributed by atoms with van der Waals surface area (Å²) in [6.07, 6.45) is 0. The summed E-state index contributed by atoms with van der Waals surface area (Å²) in [6, 6.07) is 16.6. The number of hydrogen-bond acceptors (Lipinski definition) is 4. The van der Waals surface area contributed by atoms with Crippen LogP contribution in [0.1, 0.15) is 11.5 Å². The van der Waals surface area contributed by atoms with Gasteiger partial charge >= 0.3 is 0 Å². The smallest absolute Gasteiger partial charge is 0.243 e. The Labute approximate surface area is 155 Å². The third-order valence-corrected chi connectivity index (χ3v) is 6.40. The zero-order valence-corrected chi connectivity index (χ0v) is 16.0. The second kappa shape index (κ2) is 7.74. The summed E-state index contributed by atoms with van der Waals surface area (Å²) in [7, 11) is 0.328. The van der Waals surface area contributed by atoms with Crippen molar-refractivity contribution in [2.45, 2.75) is 16.9 Å². The average Bonchev–Trinajstić information content (AvgIpc) is 2.98. The van der Waals surface area contributed by atoms with Crippen molar-refractivity contribution in [3.63, 3.8) is 0 Å². The van der Waals surface area contributed by atoms with Crippen molar-refractivity contribution >= 4 is 28.1 Å². The van der Waals surface area contributed by atoms with Crippen molar-refractivity contribution in [2.75, 3.05) is 32.1 Å². The quantitative estimate of drug-likeness (QED) is 0.882. The lowest BCUT2D eigenvalue weighted by Crippen LogP contribution is -2.32. The van der Waals surface area contributed by atoms with E-state index in [4.69, 9.17) is 5.73 Å². The van der Waals surface area contributed by atoms with Crippen molar-refractivity contribution in [1.29, 1.82) is 0 Å². The molecule has 1 saturated heterocycles. The molecule has 5 nitrogen and oxygen atoms in total. The van der Waals surface area contributed by atoms with E-state index in [1.165, 1.54) is 4.31 Å². The highest BCUT2D eigenvalue weighted by Gasteiger charge is 2.38. The van der Waals surface area contributed by atoms with E-state index in [9.17, 15) is 8.42 Å². The van der Waals surface area contributed by atoms with Crippen LogP contribution >= 0.6 is 12.4 Å². The van der Waals surface area contributed by atoms with Gasteiger partial charge in [0, 0.05) is 44.8 Å². The number of sulfonamides is 1. The van der Waals surface area contributed by atoms with E-state index in [1.54, 1.807) is 12.1 Å². The van der Waals surface area contributed by atoms with E-state index in [-0.39, 0.29) is 24.4 Å². The summed E-state index contributed by atoms with van der Waals surface area (Å²) in [4.78, 5) is 2.25. The molecule has 2 aromatic rings. The SMILES string of the molecule is CN(C)c1ccc(S(=O)(=O)N2C[C@@H](N)[C@H](c3ccccc3)C2)cc1.Cl. The molecule has 136 valence electrons. The van der Waals surface area contributed by atoms with E-state index >= 15 is 0 Å². The first kappa shape index (κ1) is 19.7. The van der Waals surface area contributed by atoms with Gasteiger partial charge in [-0.25, -0.2) is 8.42 Å². The minimum Gasteiger partial charge on any atom is -0.378 e. The Morgan fingerprint density at radius 2 is 1.60 bits per heavy atom. The van der Waals surface area contributed by atoms with E-state index in [2.05, 4.69) is 0 Å². The minimum absolute atomic E-state index is 0. The summed E-state index contributed by atoms with van der Waals surface area (Å²) in [6.45, 7) is 0.764. The molecule has 0 amide bonds. The van der Waals surface area contributed by atoms with Gasteiger partial charge in [-0.1, -0.05) is 30.3 Å². The summed E-state index contributed by atoms with van der Waals surface area (Å²) >= 11 is 0. The van der Waals surface area contributed by atoms with Crippen LogP contribution in [0.25, 0.3) is 0 Å². The van der Waals surface area contributed by atoms with Crippen LogP contribution < -0.4 is 10.6 Å². The lowest BCUT2D eigenvalue weighted by molar-refractivity contribution is 0.470. The highest BCUT2D eigenvalue weighted by atomic mass is 35.5. The van der Waals surface area contributed by atoms with Crippen LogP contribution in [0.4, 0.5) is 5.69 Å². The Morgan fingerprint density at radius 1 is 1.00 bits per heavy atom. The van der Waals surface area contributed by atoms with Gasteiger partial charge in [-0.2, -0.15) is 4.31 Å². The molecule has 7 heteroatoms. The molecule has 1 aliphatic heterocycles. The van der Waals surface area contributed by atoms with Gasteiger partial charge < -0.3 is 10.6 Å². The molecule has 1 heterocycles. The number of hydrogen-bond donors (Lipinski definition) is 1. The summed E-state index contributed by atoms with van der Waals surface area (Å²) in [5, 5.41) is 0. The Morgan fingerprint density at radius 3 is 2.16 bits per heavy atom. The molecular formula is C18H24ClN3O2S. The monoisotopic (exact) mass is 381 g/mol. The molecule has 1 aliphatic rings. The molecule has 0 spiro atoms. The molecule has 3 rings (SSSR count). The Bertz CT molecular complexity index is 795. The topological polar surface area (TPSA) is 66.6 Å². The fraction of sp³-hybridized carbons (Fsp3) is 0.333. The number of benzene rings is 2. The van der Waals surface area contributed by atoms with Gasteiger partial charge in [-0.15, -0.1) is 12.4 Å². The Kier molecular flexibility index (Phi) is 6.11. The van der Waals surface area contributed by atoms with Crippen molar-refractivity contribution in [3.05, 3.63) is 60.2 Å². The van der Waals surface area contributed by atoms with Gasteiger partial charge in [0.1, 0.15) is 0 Å². The molecule has 1 fully saturated rings. The van der Waals surface area contributed by atoms with Crippen LogP contribution in [0, 0.1) is 0 Å². The zero-order chi connectivity index (χ0) is 17.3. The van der Waals surface area contributed by atoms with Crippen molar-refractivity contribution < 1.29 is 8.42 Å². The molecule has 25 heavy (non-hydrogen) atoms. The lowest BCUT2D eigenvalue weighted by atomic mass is 9.95. The van der Waals surface area contributed by atoms with E-state index in [0.717, 1.165) is 11.3 Å². The van der Waals surface area contributed by atoms with Gasteiger partial charge in [0.25, 0.3) is 0 Å². The first-order chi connectivity index (χ1) is 11.4. The third kappa shape index (κ3) is 3.98. The van der Waals surface area contributed by atoms with Crippen LogP contribution in [0.2, 0.25) is 0 Å². The van der Waals surface area contributed by atoms with Crippen molar-refractivity contribution in [3.8, 4) is 0 Å². The maximum absolute atomic E-state index is 12.9. The largest absolute Gasteiger partial charge is 0.378 e. The number of nitrogens with zero attached hydrogens (tertiary/aromatic N) is 2. The molecule has 0 bridgehead atoms. The third-order valence-electron chi connectivity index (χ3n) is 4.55. The summed E-state index contributed by atoms with van der Waals surface area (Å²) in [5.41, 5.74) is 8.28. The maximum Gasteiger partial charge on any atom is 0.243 e. The molecule has 2 atom stereocenters. The fourth-order valence-electron chi connectivity index (χ4n) is 3.11. The van der Waals surface area contributed by atoms with E-state index < -0.39 is 10.0 Å². The average molecular weight is 382 g/mol. The van der Waals surface area contributed by atoms with E-state index in [0.29, 0.717) is 18.0 Å². The zero-order valence-electron chi connectivity index (χ0n) is 14.4. The highest BCUT2D eigenvalue weighted by molar-refractivity contribution is 7.89. The Hall–Kier alpha value is -1.60. The second-order valence-corrected chi connectivity index (χ2v) is 8.33. The second-order valence-electron chi connectivity index (χ2n) is 6.39. The number of nitrogens with two attached hydrogens (primary N) is 1. The van der Waals surface area contributed by atoms with Crippen LogP contribution in [-0.2, 0) is 10.0 Å². The first-order valence-corrected chi connectivity index (χ1v) is 9.41. The molecule has 0 aliphatic carbocycles. The molecule has 2 aromatic carbocycles. The standard InChI is InChI=1S/C18H23N3O2S.ClH/c1-20(2)15-8-10-16(11-9-15)24(22,23)21-12-17(18(19)13-21)14-6-4-3-5-7-14;/h3-11,17-18H,12-13,19H2,1-2H3;1H/t17-,18+;/m0./s1. The Balaban J connectivity index is 0.00000225. The molecule has 2 N–H and O–H groups in total. The van der Waals surface area contributed by atoms with Gasteiger partial charge in [0.05, 0.1) is 4.90 Å². The van der Waals surface area contributed by atoms with Gasteiger partial charge in [0.2, 0.25) is 10.0 Å².